The summed E-state index contributed by atoms with van der Waals surface area (Å²) in [6.45, 7) is 1.11. The van der Waals surface area contributed by atoms with Crippen LogP contribution in [0.4, 0.5) is 24.7 Å². The molecule has 4 rings (SSSR count). The number of halogens is 3. The number of nitrogens with zero attached hydrogens (tertiary/aromatic N) is 2. The van der Waals surface area contributed by atoms with Crippen LogP contribution in [0.1, 0.15) is 18.4 Å². The molecule has 1 fully saturated rings. The smallest absolute Gasteiger partial charge is 0.408 e. The summed E-state index contributed by atoms with van der Waals surface area (Å²) in [6.07, 6.45) is -0.857. The Morgan fingerprint density at radius 1 is 1.20 bits per heavy atom. The molecule has 0 atom stereocenters. The average Bonchev–Trinajstić information content (AvgIpc) is 3.07. The summed E-state index contributed by atoms with van der Waals surface area (Å²) in [6, 6.07) is 7.23. The van der Waals surface area contributed by atoms with Crippen molar-refractivity contribution in [3.8, 4) is 0 Å². The monoisotopic (exact) mass is 418 g/mol. The van der Waals surface area contributed by atoms with Crippen molar-refractivity contribution in [2.75, 3.05) is 23.3 Å². The number of carbonyl (C=O) groups is 1. The average molecular weight is 418 g/mol. The van der Waals surface area contributed by atoms with Gasteiger partial charge in [-0.25, -0.2) is 9.78 Å². The molecule has 30 heavy (non-hydrogen) atoms. The molecule has 3 aromatic rings. The second-order valence-corrected chi connectivity index (χ2v) is 6.91. The Morgan fingerprint density at radius 2 is 1.97 bits per heavy atom. The Kier molecular flexibility index (Phi) is 5.06. The number of aromatic amines is 1. The Hall–Kier alpha value is -3.56. The molecule has 156 valence electrons. The lowest BCUT2D eigenvalue weighted by atomic mass is 10.0. The third-order valence-corrected chi connectivity index (χ3v) is 4.83. The zero-order chi connectivity index (χ0) is 21.3. The zero-order valence-electron chi connectivity index (χ0n) is 15.6. The number of hydrogen-bond acceptors (Lipinski definition) is 5. The highest BCUT2D eigenvalue weighted by atomic mass is 19.4. The molecule has 1 aromatic carbocycles. The molecule has 0 aliphatic carbocycles. The van der Waals surface area contributed by atoms with Gasteiger partial charge in [-0.15, -0.1) is 0 Å². The first-order valence-corrected chi connectivity index (χ1v) is 9.19. The standard InChI is InChI=1S/C20H17F3N4O3/c21-20(22,23)13-1-4-17(24-11-13)27-7-5-12(6-8-27)9-18(28)25-14-2-3-15-16(10-14)30-19(29)26-15/h1-4,9-11H,5-8H2,(H,25,28)(H,26,29). The molecule has 2 aromatic heterocycles. The molecule has 0 bridgehead atoms. The first-order chi connectivity index (χ1) is 14.3. The molecule has 1 aliphatic rings. The third kappa shape index (κ3) is 4.37. The van der Waals surface area contributed by atoms with Gasteiger partial charge in [-0.3, -0.25) is 9.78 Å². The summed E-state index contributed by atoms with van der Waals surface area (Å²) in [5.74, 6) is -0.388. The lowest BCUT2D eigenvalue weighted by Gasteiger charge is -2.29. The molecule has 1 aliphatic heterocycles. The number of piperidine rings is 1. The quantitative estimate of drug-likeness (QED) is 0.633. The van der Waals surface area contributed by atoms with Crippen molar-refractivity contribution in [1.82, 2.24) is 9.97 Å². The minimum absolute atomic E-state index is 0.302. The Bertz CT molecular complexity index is 1150. The van der Waals surface area contributed by atoms with Crippen LogP contribution in [0, 0.1) is 0 Å². The molecule has 2 N–H and O–H groups in total. The van der Waals surface area contributed by atoms with Gasteiger partial charge in [0.15, 0.2) is 5.58 Å². The molecule has 1 saturated heterocycles. The zero-order valence-corrected chi connectivity index (χ0v) is 15.6. The predicted octanol–water partition coefficient (Wildman–Crippen LogP) is 3.70. The van der Waals surface area contributed by atoms with Crippen LogP contribution in [0.5, 0.6) is 0 Å². The topological polar surface area (TPSA) is 91.2 Å². The van der Waals surface area contributed by atoms with E-state index in [1.807, 2.05) is 4.90 Å². The van der Waals surface area contributed by atoms with Gasteiger partial charge in [-0.05, 0) is 37.1 Å². The Balaban J connectivity index is 1.35. The van der Waals surface area contributed by atoms with Gasteiger partial charge in [0.2, 0.25) is 5.91 Å². The summed E-state index contributed by atoms with van der Waals surface area (Å²) in [5, 5.41) is 2.73. The SMILES string of the molecule is O=C(C=C1CCN(c2ccc(C(F)(F)F)cn2)CC1)Nc1ccc2[nH]c(=O)oc2c1. The number of anilines is 2. The van der Waals surface area contributed by atoms with E-state index in [0.717, 1.165) is 17.8 Å². The van der Waals surface area contributed by atoms with E-state index in [1.165, 1.54) is 12.1 Å². The van der Waals surface area contributed by atoms with E-state index in [0.29, 0.717) is 48.5 Å². The second-order valence-electron chi connectivity index (χ2n) is 6.91. The van der Waals surface area contributed by atoms with Crippen molar-refractivity contribution in [2.45, 2.75) is 19.0 Å². The van der Waals surface area contributed by atoms with Crippen molar-refractivity contribution >= 4 is 28.5 Å². The van der Waals surface area contributed by atoms with Crippen LogP contribution in [0.2, 0.25) is 0 Å². The van der Waals surface area contributed by atoms with Crippen LogP contribution >= 0.6 is 0 Å². The van der Waals surface area contributed by atoms with Gasteiger partial charge in [-0.2, -0.15) is 13.2 Å². The van der Waals surface area contributed by atoms with Crippen LogP contribution in [0.25, 0.3) is 11.1 Å². The van der Waals surface area contributed by atoms with Crippen LogP contribution in [-0.4, -0.2) is 29.0 Å². The van der Waals surface area contributed by atoms with Gasteiger partial charge in [0.1, 0.15) is 5.82 Å². The number of alkyl halides is 3. The van der Waals surface area contributed by atoms with Crippen molar-refractivity contribution in [2.24, 2.45) is 0 Å². The van der Waals surface area contributed by atoms with Crippen LogP contribution in [0.3, 0.4) is 0 Å². The van der Waals surface area contributed by atoms with Gasteiger partial charge in [0.25, 0.3) is 0 Å². The minimum Gasteiger partial charge on any atom is -0.408 e. The van der Waals surface area contributed by atoms with Crippen molar-refractivity contribution in [1.29, 1.82) is 0 Å². The molecule has 1 amide bonds. The first kappa shape index (κ1) is 19.7. The Labute approximate surface area is 168 Å². The first-order valence-electron chi connectivity index (χ1n) is 9.19. The normalized spacial score (nSPS) is 14.8. The Morgan fingerprint density at radius 3 is 2.63 bits per heavy atom. The lowest BCUT2D eigenvalue weighted by molar-refractivity contribution is -0.137. The number of benzene rings is 1. The maximum Gasteiger partial charge on any atom is 0.417 e. The van der Waals surface area contributed by atoms with Crippen LogP contribution in [0.15, 0.2) is 57.4 Å². The fraction of sp³-hybridized carbons (Fsp3) is 0.250. The molecule has 7 nitrogen and oxygen atoms in total. The number of H-pyrrole nitrogens is 1. The molecule has 0 unspecified atom stereocenters. The number of carbonyl (C=O) groups excluding carboxylic acids is 1. The predicted molar refractivity (Wildman–Crippen MR) is 104 cm³/mol. The number of hydrogen-bond donors (Lipinski definition) is 2. The molecule has 0 radical (unpaired) electrons. The number of rotatable bonds is 3. The molecular formula is C20H17F3N4O3. The minimum atomic E-state index is -4.41. The summed E-state index contributed by atoms with van der Waals surface area (Å²) >= 11 is 0. The molecule has 10 heteroatoms. The second kappa shape index (κ2) is 7.69. The van der Waals surface area contributed by atoms with Crippen LogP contribution in [-0.2, 0) is 11.0 Å². The van der Waals surface area contributed by atoms with Crippen molar-refractivity contribution in [3.63, 3.8) is 0 Å². The highest BCUT2D eigenvalue weighted by Gasteiger charge is 2.31. The van der Waals surface area contributed by atoms with E-state index >= 15 is 0 Å². The van der Waals surface area contributed by atoms with E-state index in [1.54, 1.807) is 18.2 Å². The molecular weight excluding hydrogens is 401 g/mol. The number of aromatic nitrogens is 2. The maximum absolute atomic E-state index is 12.6. The van der Waals surface area contributed by atoms with Gasteiger partial charge >= 0.3 is 11.9 Å². The number of amides is 1. The summed E-state index contributed by atoms with van der Waals surface area (Å²) in [7, 11) is 0. The largest absolute Gasteiger partial charge is 0.417 e. The number of oxazole rings is 1. The van der Waals surface area contributed by atoms with Gasteiger partial charge in [0, 0.05) is 37.1 Å². The molecule has 3 heterocycles. The van der Waals surface area contributed by atoms with Gasteiger partial charge < -0.3 is 14.6 Å². The third-order valence-electron chi connectivity index (χ3n) is 4.83. The van der Waals surface area contributed by atoms with Gasteiger partial charge in [-0.1, -0.05) is 5.57 Å². The molecule has 0 spiro atoms. The van der Waals surface area contributed by atoms with E-state index in [-0.39, 0.29) is 5.91 Å². The lowest BCUT2D eigenvalue weighted by Crippen LogP contribution is -2.31. The van der Waals surface area contributed by atoms with Crippen molar-refractivity contribution in [3.05, 3.63) is 64.3 Å². The van der Waals surface area contributed by atoms with E-state index in [2.05, 4.69) is 15.3 Å². The van der Waals surface area contributed by atoms with Crippen LogP contribution < -0.4 is 16.0 Å². The number of nitrogens with one attached hydrogen (secondary N) is 2. The fourth-order valence-corrected chi connectivity index (χ4v) is 3.30. The maximum atomic E-state index is 12.6. The highest BCUT2D eigenvalue weighted by molar-refractivity contribution is 6.00. The number of pyridine rings is 1. The fourth-order valence-electron chi connectivity index (χ4n) is 3.30. The van der Waals surface area contributed by atoms with E-state index < -0.39 is 17.5 Å². The molecule has 0 saturated carbocycles. The summed E-state index contributed by atoms with van der Waals surface area (Å²) in [5.41, 5.74) is 1.55. The van der Waals surface area contributed by atoms with Crippen molar-refractivity contribution < 1.29 is 22.4 Å². The summed E-state index contributed by atoms with van der Waals surface area (Å²) in [4.78, 5) is 31.8. The van der Waals surface area contributed by atoms with Gasteiger partial charge in [0.05, 0.1) is 11.1 Å². The summed E-state index contributed by atoms with van der Waals surface area (Å²) < 4.78 is 42.9. The number of fused-ring (bicyclic) bond motifs is 1. The highest BCUT2D eigenvalue weighted by Crippen LogP contribution is 2.30. The van der Waals surface area contributed by atoms with E-state index in [4.69, 9.17) is 4.42 Å². The van der Waals surface area contributed by atoms with E-state index in [9.17, 15) is 22.8 Å².